The van der Waals surface area contributed by atoms with Gasteiger partial charge in [0.2, 0.25) is 0 Å². The number of hydrogen-bond donors (Lipinski definition) is 0. The first kappa shape index (κ1) is 57.4. The van der Waals surface area contributed by atoms with Gasteiger partial charge in [0.05, 0.1) is 16.7 Å². The zero-order valence-electron chi connectivity index (χ0n) is 49.7. The molecule has 0 radical (unpaired) electrons. The molecule has 436 valence electrons. The maximum Gasteiger partial charge on any atom is 2.00 e. The third-order valence-corrected chi connectivity index (χ3v) is 16.6. The number of nitrogens with zero attached hydrogens (tertiary/aromatic N) is 6. The van der Waals surface area contributed by atoms with Crippen LogP contribution in [0, 0.1) is 26.0 Å². The van der Waals surface area contributed by atoms with E-state index in [9.17, 15) is 0 Å². The Labute approximate surface area is 541 Å². The Kier molecular flexibility index (Phi) is 16.0. The quantitative estimate of drug-likeness (QED) is 0.0896. The van der Waals surface area contributed by atoms with Gasteiger partial charge in [0, 0.05) is 64.2 Å². The van der Waals surface area contributed by atoms with Gasteiger partial charge in [0.15, 0.2) is 0 Å². The average Bonchev–Trinajstić information content (AvgIpc) is 1.72. The van der Waals surface area contributed by atoms with Gasteiger partial charge in [-0.1, -0.05) is 187 Å². The van der Waals surface area contributed by atoms with Crippen LogP contribution in [0.2, 0.25) is 0 Å². The molecule has 0 saturated carbocycles. The molecule has 0 atom stereocenters. The van der Waals surface area contributed by atoms with E-state index < -0.39 is 0 Å². The zero-order chi connectivity index (χ0) is 60.3. The average molecular weight is 1260 g/mol. The Morgan fingerprint density at radius 2 is 0.791 bits per heavy atom. The van der Waals surface area contributed by atoms with Gasteiger partial charge in [-0.15, -0.1) is 41.3 Å². The predicted octanol–water partition coefficient (Wildman–Crippen LogP) is 20.9. The number of ether oxygens (including phenoxy) is 2. The fraction of sp³-hybridized carbons (Fsp3) is 0.0244. The van der Waals surface area contributed by atoms with Gasteiger partial charge in [0.1, 0.15) is 23.1 Å². The summed E-state index contributed by atoms with van der Waals surface area (Å²) in [5.41, 5.74) is 19.5. The number of benzene rings is 10. The Morgan fingerprint density at radius 1 is 0.308 bits per heavy atom. The van der Waals surface area contributed by atoms with Crippen LogP contribution in [0.25, 0.3) is 122 Å². The first-order chi connectivity index (χ1) is 44.5. The summed E-state index contributed by atoms with van der Waals surface area (Å²) >= 11 is 0. The van der Waals surface area contributed by atoms with E-state index >= 15 is 0 Å². The minimum absolute atomic E-state index is 0. The van der Waals surface area contributed by atoms with Crippen LogP contribution in [0.5, 0.6) is 23.0 Å². The predicted molar refractivity (Wildman–Crippen MR) is 366 cm³/mol. The number of rotatable bonds is 12. The van der Waals surface area contributed by atoms with Crippen LogP contribution in [0.15, 0.2) is 304 Å². The van der Waals surface area contributed by atoms with Crippen LogP contribution in [-0.2, 0) is 20.4 Å². The molecular weight excluding hydrogens is 1210 g/mol. The molecule has 16 aromatic rings. The normalized spacial score (nSPS) is 11.1. The molecule has 0 aliphatic rings. The molecule has 9 heteroatoms. The van der Waals surface area contributed by atoms with E-state index in [1.165, 1.54) is 38.8 Å². The summed E-state index contributed by atoms with van der Waals surface area (Å²) in [6.07, 6.45) is 7.39. The molecule has 0 fully saturated rings. The number of fused-ring (bicyclic) bond motifs is 6. The van der Waals surface area contributed by atoms with Crippen molar-refractivity contribution >= 4 is 43.6 Å². The standard InChI is InChI=1S/C41H29N3O.C41H27N3O.Pd/c2*1-28-35(31-19-17-30(18-20-31)29-10-3-2-4-11-29)23-25-43-41(28)32-12-9-13-33(26-32)45-34-21-22-37-36-14-5-6-15-38(36)44(39(37)27-34)40-16-7-8-24-42-40;/h2-27H,1H3;2-25H,1H3;/q;-2;+2. The number of para-hydroxylation sites is 2. The third kappa shape index (κ3) is 11.5. The van der Waals surface area contributed by atoms with Crippen LogP contribution in [0.3, 0.4) is 0 Å². The van der Waals surface area contributed by atoms with E-state index in [0.29, 0.717) is 11.5 Å². The SMILES string of the molecule is Cc1c(-c2ccc(-c3ccccc3)cc2)ccnc1-c1[c-]c(Oc2[c-]c3c(cc2)c2ccccc2n3-c2ccccn2)ccc1.Cc1c(-c2ccc(-c3ccccc3)cc2)ccnc1-c1cccc(Oc2ccc3c4ccccc4n(-c4ccccn4)c3c2)c1.[Pd+2]. The molecule has 16 rings (SSSR count). The first-order valence-corrected chi connectivity index (χ1v) is 30.0. The van der Waals surface area contributed by atoms with Crippen LogP contribution in [0.1, 0.15) is 11.1 Å². The van der Waals surface area contributed by atoms with E-state index in [2.05, 4.69) is 227 Å². The molecule has 0 N–H and O–H groups in total. The van der Waals surface area contributed by atoms with Gasteiger partial charge < -0.3 is 19.0 Å². The van der Waals surface area contributed by atoms with Crippen molar-refractivity contribution in [3.63, 3.8) is 0 Å². The van der Waals surface area contributed by atoms with Crippen molar-refractivity contribution in [3.05, 3.63) is 327 Å². The van der Waals surface area contributed by atoms with Gasteiger partial charge >= 0.3 is 20.4 Å². The van der Waals surface area contributed by atoms with Crippen molar-refractivity contribution < 1.29 is 29.9 Å². The van der Waals surface area contributed by atoms with Gasteiger partial charge in [0.25, 0.3) is 0 Å². The topological polar surface area (TPSA) is 79.9 Å². The fourth-order valence-corrected chi connectivity index (χ4v) is 12.2. The first-order valence-electron chi connectivity index (χ1n) is 30.0. The summed E-state index contributed by atoms with van der Waals surface area (Å²) < 4.78 is 17.2. The molecule has 91 heavy (non-hydrogen) atoms. The Hall–Kier alpha value is -11.3. The van der Waals surface area contributed by atoms with E-state index in [-0.39, 0.29) is 20.4 Å². The van der Waals surface area contributed by atoms with Crippen molar-refractivity contribution in [1.82, 2.24) is 29.1 Å². The van der Waals surface area contributed by atoms with Gasteiger partial charge in [-0.05, 0) is 148 Å². The van der Waals surface area contributed by atoms with Crippen LogP contribution >= 0.6 is 0 Å². The number of aromatic nitrogens is 6. The van der Waals surface area contributed by atoms with Gasteiger partial charge in [-0.3, -0.25) is 9.55 Å². The molecule has 0 unspecified atom stereocenters. The van der Waals surface area contributed by atoms with E-state index in [0.717, 1.165) is 106 Å². The van der Waals surface area contributed by atoms with E-state index in [1.54, 1.807) is 0 Å². The second-order valence-corrected chi connectivity index (χ2v) is 22.1. The molecule has 6 aromatic heterocycles. The summed E-state index contributed by atoms with van der Waals surface area (Å²) in [5.74, 6) is 4.43. The van der Waals surface area contributed by atoms with Crippen LogP contribution < -0.4 is 9.47 Å². The Bertz CT molecular complexity index is 4920. The third-order valence-electron chi connectivity index (χ3n) is 16.6. The maximum atomic E-state index is 6.48. The summed E-state index contributed by atoms with van der Waals surface area (Å²) in [5, 5.41) is 4.58. The largest absolute Gasteiger partial charge is 2.00 e. The summed E-state index contributed by atoms with van der Waals surface area (Å²) in [6.45, 7) is 4.25. The minimum atomic E-state index is 0. The van der Waals surface area contributed by atoms with Crippen molar-refractivity contribution in [1.29, 1.82) is 0 Å². The molecule has 6 heterocycles. The van der Waals surface area contributed by atoms with Gasteiger partial charge in [-0.2, -0.15) is 6.07 Å². The summed E-state index contributed by atoms with van der Waals surface area (Å²) in [6, 6.07) is 103. The van der Waals surface area contributed by atoms with Crippen LogP contribution in [0.4, 0.5) is 0 Å². The number of pyridine rings is 4. The van der Waals surface area contributed by atoms with Crippen molar-refractivity contribution in [2.45, 2.75) is 13.8 Å². The summed E-state index contributed by atoms with van der Waals surface area (Å²) in [4.78, 5) is 18.8. The fourth-order valence-electron chi connectivity index (χ4n) is 12.2. The molecule has 0 bridgehead atoms. The molecule has 0 aliphatic heterocycles. The number of hydrogen-bond acceptors (Lipinski definition) is 6. The molecule has 0 spiro atoms. The van der Waals surface area contributed by atoms with Crippen molar-refractivity contribution in [2.24, 2.45) is 0 Å². The van der Waals surface area contributed by atoms with Crippen molar-refractivity contribution in [2.75, 3.05) is 0 Å². The molecule has 0 saturated heterocycles. The van der Waals surface area contributed by atoms with E-state index in [1.807, 2.05) is 122 Å². The molecule has 0 amide bonds. The minimum Gasteiger partial charge on any atom is -0.503 e. The van der Waals surface area contributed by atoms with E-state index in [4.69, 9.17) is 19.4 Å². The molecular formula is C82H56N6O2Pd. The van der Waals surface area contributed by atoms with Gasteiger partial charge in [-0.25, -0.2) is 9.97 Å². The molecule has 8 nitrogen and oxygen atoms in total. The van der Waals surface area contributed by atoms with Crippen molar-refractivity contribution in [3.8, 4) is 102 Å². The smallest absolute Gasteiger partial charge is 0.503 e. The molecule has 10 aromatic carbocycles. The van der Waals surface area contributed by atoms with Crippen LogP contribution in [-0.4, -0.2) is 29.1 Å². The summed E-state index contributed by atoms with van der Waals surface area (Å²) in [7, 11) is 0. The Morgan fingerprint density at radius 3 is 1.43 bits per heavy atom. The second kappa shape index (κ2) is 25.4. The maximum absolute atomic E-state index is 6.48. The zero-order valence-corrected chi connectivity index (χ0v) is 51.2. The Balaban J connectivity index is 0.000000157. The monoisotopic (exact) mass is 1260 g/mol. The second-order valence-electron chi connectivity index (χ2n) is 22.1. The molecule has 0 aliphatic carbocycles.